The molecule has 0 saturated carbocycles. The normalized spacial score (nSPS) is 14.9. The molecule has 1 heterocycles. The van der Waals surface area contributed by atoms with Gasteiger partial charge in [0.2, 0.25) is 6.79 Å². The van der Waals surface area contributed by atoms with E-state index in [0.29, 0.717) is 6.79 Å². The molecule has 94 valence electrons. The molecular weight excluding hydrogens is 234 g/mol. The zero-order valence-electron chi connectivity index (χ0n) is 10.1. The van der Waals surface area contributed by atoms with E-state index in [-0.39, 0.29) is 6.04 Å². The Kier molecular flexibility index (Phi) is 4.57. The zero-order chi connectivity index (χ0) is 12.1. The van der Waals surface area contributed by atoms with Gasteiger partial charge in [-0.15, -0.1) is 0 Å². The number of hydrogen-bond donors (Lipinski definition) is 1. The summed E-state index contributed by atoms with van der Waals surface area (Å²) >= 11 is 1.92. The van der Waals surface area contributed by atoms with E-state index in [1.54, 1.807) is 0 Å². The van der Waals surface area contributed by atoms with Crippen LogP contribution in [-0.2, 0) is 0 Å². The van der Waals surface area contributed by atoms with Gasteiger partial charge in [-0.25, -0.2) is 0 Å². The molecule has 4 heteroatoms. The predicted molar refractivity (Wildman–Crippen MR) is 71.7 cm³/mol. The number of fused-ring (bicyclic) bond motifs is 1. The Balaban J connectivity index is 1.88. The van der Waals surface area contributed by atoms with Crippen LogP contribution in [0, 0.1) is 0 Å². The molecule has 2 rings (SSSR count). The number of unbranched alkanes of at least 4 members (excludes halogenated alkanes) is 1. The molecule has 17 heavy (non-hydrogen) atoms. The van der Waals surface area contributed by atoms with Gasteiger partial charge in [0.05, 0.1) is 0 Å². The largest absolute Gasteiger partial charge is 0.454 e. The van der Waals surface area contributed by atoms with E-state index >= 15 is 0 Å². The lowest BCUT2D eigenvalue weighted by Gasteiger charge is -2.12. The van der Waals surface area contributed by atoms with Crippen molar-refractivity contribution in [2.24, 2.45) is 5.73 Å². The number of hydrogen-bond acceptors (Lipinski definition) is 4. The molecule has 1 atom stereocenters. The minimum Gasteiger partial charge on any atom is -0.454 e. The summed E-state index contributed by atoms with van der Waals surface area (Å²) in [5.41, 5.74) is 7.28. The molecule has 0 aromatic heterocycles. The van der Waals surface area contributed by atoms with Crippen molar-refractivity contribution >= 4 is 11.8 Å². The third-order valence-corrected chi connectivity index (χ3v) is 3.94. The van der Waals surface area contributed by atoms with E-state index in [0.717, 1.165) is 22.8 Å². The van der Waals surface area contributed by atoms with Crippen LogP contribution in [0.5, 0.6) is 11.5 Å². The second-order valence-corrected chi connectivity index (χ2v) is 5.30. The molecule has 1 aliphatic heterocycles. The van der Waals surface area contributed by atoms with Crippen LogP contribution in [0.15, 0.2) is 18.2 Å². The summed E-state index contributed by atoms with van der Waals surface area (Å²) in [5, 5.41) is 0. The smallest absolute Gasteiger partial charge is 0.231 e. The summed E-state index contributed by atoms with van der Waals surface area (Å²) in [6.45, 7) is 2.53. The first-order valence-electron chi connectivity index (χ1n) is 6.04. The van der Waals surface area contributed by atoms with Gasteiger partial charge in [-0.3, -0.25) is 0 Å². The Labute approximate surface area is 107 Å². The fraction of sp³-hybridized carbons (Fsp3) is 0.538. The lowest BCUT2D eigenvalue weighted by Crippen LogP contribution is -2.13. The number of ether oxygens (including phenoxy) is 2. The molecule has 0 radical (unpaired) electrons. The molecule has 3 nitrogen and oxygen atoms in total. The number of rotatable bonds is 6. The molecule has 1 aromatic rings. The van der Waals surface area contributed by atoms with Crippen LogP contribution in [0.1, 0.15) is 31.4 Å². The van der Waals surface area contributed by atoms with E-state index in [4.69, 9.17) is 15.2 Å². The van der Waals surface area contributed by atoms with Gasteiger partial charge in [0.15, 0.2) is 11.5 Å². The summed E-state index contributed by atoms with van der Waals surface area (Å²) in [7, 11) is 0. The lowest BCUT2D eigenvalue weighted by atomic mass is 10.1. The van der Waals surface area contributed by atoms with E-state index in [1.165, 1.54) is 18.6 Å². The SMILES string of the molecule is CCCCSCC(N)c1ccc2c(c1)OCO2. The Morgan fingerprint density at radius 2 is 2.18 bits per heavy atom. The second kappa shape index (κ2) is 6.17. The second-order valence-electron chi connectivity index (χ2n) is 4.15. The van der Waals surface area contributed by atoms with E-state index in [2.05, 4.69) is 6.92 Å². The Morgan fingerprint density at radius 1 is 1.35 bits per heavy atom. The Morgan fingerprint density at radius 3 is 3.00 bits per heavy atom. The van der Waals surface area contributed by atoms with Crippen LogP contribution in [0.25, 0.3) is 0 Å². The first-order chi connectivity index (χ1) is 8.31. The molecule has 2 N–H and O–H groups in total. The minimum atomic E-state index is 0.0753. The first-order valence-corrected chi connectivity index (χ1v) is 7.19. The van der Waals surface area contributed by atoms with Crippen molar-refractivity contribution in [3.8, 4) is 11.5 Å². The van der Waals surface area contributed by atoms with Crippen molar-refractivity contribution in [3.05, 3.63) is 23.8 Å². The highest BCUT2D eigenvalue weighted by molar-refractivity contribution is 7.99. The summed E-state index contributed by atoms with van der Waals surface area (Å²) in [6.07, 6.45) is 2.50. The summed E-state index contributed by atoms with van der Waals surface area (Å²) in [5.74, 6) is 3.78. The standard InChI is InChI=1S/C13H19NO2S/c1-2-3-6-17-8-11(14)10-4-5-12-13(7-10)16-9-15-12/h4-5,7,11H,2-3,6,8-9,14H2,1H3. The third-order valence-electron chi connectivity index (χ3n) is 2.76. The zero-order valence-corrected chi connectivity index (χ0v) is 11.0. The van der Waals surface area contributed by atoms with Crippen LogP contribution in [0.4, 0.5) is 0 Å². The van der Waals surface area contributed by atoms with Gasteiger partial charge < -0.3 is 15.2 Å². The Hall–Kier alpha value is -0.870. The maximum Gasteiger partial charge on any atom is 0.231 e. The third kappa shape index (κ3) is 3.30. The van der Waals surface area contributed by atoms with Gasteiger partial charge >= 0.3 is 0 Å². The predicted octanol–water partition coefficient (Wildman–Crippen LogP) is 2.95. The highest BCUT2D eigenvalue weighted by Gasteiger charge is 2.15. The number of thioether (sulfide) groups is 1. The molecule has 0 bridgehead atoms. The number of nitrogens with two attached hydrogens (primary N) is 1. The average molecular weight is 253 g/mol. The summed E-state index contributed by atoms with van der Waals surface area (Å²) in [4.78, 5) is 0. The van der Waals surface area contributed by atoms with Crippen LogP contribution in [0.3, 0.4) is 0 Å². The molecule has 1 aromatic carbocycles. The highest BCUT2D eigenvalue weighted by atomic mass is 32.2. The molecule has 0 amide bonds. The average Bonchev–Trinajstić information content (AvgIpc) is 2.81. The quantitative estimate of drug-likeness (QED) is 0.792. The van der Waals surface area contributed by atoms with Crippen molar-refractivity contribution in [2.45, 2.75) is 25.8 Å². The Bertz CT molecular complexity index is 370. The van der Waals surface area contributed by atoms with Gasteiger partial charge in [-0.05, 0) is 29.9 Å². The van der Waals surface area contributed by atoms with Gasteiger partial charge in [0.1, 0.15) is 0 Å². The summed E-state index contributed by atoms with van der Waals surface area (Å²) < 4.78 is 10.6. The van der Waals surface area contributed by atoms with Gasteiger partial charge in [-0.2, -0.15) is 11.8 Å². The van der Waals surface area contributed by atoms with E-state index in [1.807, 2.05) is 30.0 Å². The molecule has 1 aliphatic rings. The lowest BCUT2D eigenvalue weighted by molar-refractivity contribution is 0.174. The van der Waals surface area contributed by atoms with E-state index in [9.17, 15) is 0 Å². The first kappa shape index (κ1) is 12.6. The fourth-order valence-corrected chi connectivity index (χ4v) is 2.80. The monoisotopic (exact) mass is 253 g/mol. The van der Waals surface area contributed by atoms with Crippen molar-refractivity contribution < 1.29 is 9.47 Å². The van der Waals surface area contributed by atoms with Gasteiger partial charge in [0.25, 0.3) is 0 Å². The molecule has 0 aliphatic carbocycles. The topological polar surface area (TPSA) is 44.5 Å². The van der Waals surface area contributed by atoms with Crippen molar-refractivity contribution in [3.63, 3.8) is 0 Å². The minimum absolute atomic E-state index is 0.0753. The molecule has 1 unspecified atom stereocenters. The van der Waals surface area contributed by atoms with Crippen LogP contribution in [0.2, 0.25) is 0 Å². The molecule has 0 fully saturated rings. The maximum absolute atomic E-state index is 6.15. The van der Waals surface area contributed by atoms with Crippen molar-refractivity contribution in [1.29, 1.82) is 0 Å². The van der Waals surface area contributed by atoms with Crippen LogP contribution in [-0.4, -0.2) is 18.3 Å². The van der Waals surface area contributed by atoms with Gasteiger partial charge in [-0.1, -0.05) is 19.4 Å². The highest BCUT2D eigenvalue weighted by Crippen LogP contribution is 2.34. The van der Waals surface area contributed by atoms with Crippen molar-refractivity contribution in [2.75, 3.05) is 18.3 Å². The van der Waals surface area contributed by atoms with Crippen LogP contribution >= 0.6 is 11.8 Å². The number of benzene rings is 1. The molecular formula is C13H19NO2S. The molecule has 0 saturated heterocycles. The fourth-order valence-electron chi connectivity index (χ4n) is 1.70. The maximum atomic E-state index is 6.15. The molecule has 0 spiro atoms. The van der Waals surface area contributed by atoms with Crippen LogP contribution < -0.4 is 15.2 Å². The van der Waals surface area contributed by atoms with Gasteiger partial charge in [0, 0.05) is 11.8 Å². The van der Waals surface area contributed by atoms with Crippen molar-refractivity contribution in [1.82, 2.24) is 0 Å². The summed E-state index contributed by atoms with van der Waals surface area (Å²) in [6, 6.07) is 6.03. The van der Waals surface area contributed by atoms with E-state index < -0.39 is 0 Å².